The van der Waals surface area contributed by atoms with Crippen molar-refractivity contribution in [1.82, 2.24) is 5.01 Å². The van der Waals surface area contributed by atoms with Crippen LogP contribution in [0.2, 0.25) is 0 Å². The number of anilines is 1. The molecular weight excluding hydrogens is 338 g/mol. The molecule has 27 heavy (non-hydrogen) atoms. The summed E-state index contributed by atoms with van der Waals surface area (Å²) in [6.07, 6.45) is 1.98. The maximum Gasteiger partial charge on any atom is 0.240 e. The van der Waals surface area contributed by atoms with Crippen molar-refractivity contribution < 1.29 is 9.53 Å². The van der Waals surface area contributed by atoms with Gasteiger partial charge in [0.1, 0.15) is 5.75 Å². The summed E-state index contributed by atoms with van der Waals surface area (Å²) in [5, 5.41) is 6.44. The van der Waals surface area contributed by atoms with Gasteiger partial charge >= 0.3 is 0 Å². The standard InChI is InChI=1S/C22H25N3O2/c1-14(26)25-22(16-5-9-17(10-6-16)24(2)3)19-12-8-15-7-11-18(27-4)13-20(15)21(19)23-25/h5-7,9-11,13,19,22H,8,12H2,1-4H3/t19-,22-/m1/s1. The fraction of sp³-hybridized carbons (Fsp3) is 0.364. The minimum atomic E-state index is -0.0481. The Morgan fingerprint density at radius 1 is 1.19 bits per heavy atom. The van der Waals surface area contributed by atoms with Gasteiger partial charge in [-0.15, -0.1) is 0 Å². The predicted octanol–water partition coefficient (Wildman–Crippen LogP) is 3.63. The van der Waals surface area contributed by atoms with E-state index in [1.165, 1.54) is 5.56 Å². The van der Waals surface area contributed by atoms with Gasteiger partial charge in [0.25, 0.3) is 0 Å². The number of hydrogen-bond donors (Lipinski definition) is 0. The van der Waals surface area contributed by atoms with Crippen molar-refractivity contribution in [2.45, 2.75) is 25.8 Å². The third-order valence-corrected chi connectivity index (χ3v) is 5.60. The van der Waals surface area contributed by atoms with Crippen molar-refractivity contribution in [2.24, 2.45) is 11.0 Å². The number of carbonyl (C=O) groups is 1. The Bertz CT molecular complexity index is 902. The van der Waals surface area contributed by atoms with Crippen molar-refractivity contribution in [3.05, 3.63) is 59.2 Å². The first-order valence-corrected chi connectivity index (χ1v) is 9.32. The highest BCUT2D eigenvalue weighted by Gasteiger charge is 2.43. The molecule has 0 radical (unpaired) electrons. The Labute approximate surface area is 160 Å². The first-order valence-electron chi connectivity index (χ1n) is 9.32. The normalized spacial score (nSPS) is 20.6. The SMILES string of the molecule is COc1ccc2c(c1)C1=NN(C(C)=O)[C@H](c3ccc(N(C)C)cc3)[C@@H]1CC2. The van der Waals surface area contributed by atoms with Gasteiger partial charge in [0.2, 0.25) is 5.91 Å². The fourth-order valence-electron chi connectivity index (χ4n) is 4.18. The van der Waals surface area contributed by atoms with Gasteiger partial charge in [-0.2, -0.15) is 5.10 Å². The van der Waals surface area contributed by atoms with E-state index in [0.717, 1.165) is 41.1 Å². The van der Waals surface area contributed by atoms with Gasteiger partial charge in [-0.05, 0) is 48.2 Å². The zero-order valence-corrected chi connectivity index (χ0v) is 16.3. The van der Waals surface area contributed by atoms with Crippen LogP contribution < -0.4 is 9.64 Å². The Hall–Kier alpha value is -2.82. The highest BCUT2D eigenvalue weighted by molar-refractivity contribution is 6.07. The Balaban J connectivity index is 1.75. The lowest BCUT2D eigenvalue weighted by atomic mass is 9.77. The number of methoxy groups -OCH3 is 1. The summed E-state index contributed by atoms with van der Waals surface area (Å²) < 4.78 is 5.41. The number of aryl methyl sites for hydroxylation is 1. The van der Waals surface area contributed by atoms with Gasteiger partial charge in [0.15, 0.2) is 0 Å². The summed E-state index contributed by atoms with van der Waals surface area (Å²) in [5.74, 6) is 1.01. The molecule has 1 amide bonds. The minimum Gasteiger partial charge on any atom is -0.497 e. The molecule has 1 aliphatic carbocycles. The Morgan fingerprint density at radius 2 is 1.93 bits per heavy atom. The number of rotatable bonds is 3. The molecule has 0 saturated carbocycles. The molecule has 0 aromatic heterocycles. The first kappa shape index (κ1) is 17.6. The molecule has 0 bridgehead atoms. The number of nitrogens with zero attached hydrogens (tertiary/aromatic N) is 3. The third-order valence-electron chi connectivity index (χ3n) is 5.60. The van der Waals surface area contributed by atoms with Gasteiger partial charge in [0.05, 0.1) is 18.9 Å². The smallest absolute Gasteiger partial charge is 0.240 e. The van der Waals surface area contributed by atoms with Crippen molar-refractivity contribution >= 4 is 17.3 Å². The summed E-state index contributed by atoms with van der Waals surface area (Å²) in [6, 6.07) is 14.6. The second-order valence-electron chi connectivity index (χ2n) is 7.45. The van der Waals surface area contributed by atoms with Crippen LogP contribution in [0.15, 0.2) is 47.6 Å². The molecule has 4 rings (SSSR count). The Morgan fingerprint density at radius 3 is 2.56 bits per heavy atom. The van der Waals surface area contributed by atoms with Gasteiger partial charge < -0.3 is 9.64 Å². The summed E-state index contributed by atoms with van der Waals surface area (Å²) >= 11 is 0. The summed E-state index contributed by atoms with van der Waals surface area (Å²) in [4.78, 5) is 14.4. The molecule has 1 heterocycles. The van der Waals surface area contributed by atoms with E-state index >= 15 is 0 Å². The van der Waals surface area contributed by atoms with Gasteiger partial charge in [-0.25, -0.2) is 5.01 Å². The molecule has 5 heteroatoms. The highest BCUT2D eigenvalue weighted by Crippen LogP contribution is 2.44. The molecule has 2 atom stereocenters. The topological polar surface area (TPSA) is 45.1 Å². The maximum atomic E-state index is 12.4. The quantitative estimate of drug-likeness (QED) is 0.836. The van der Waals surface area contributed by atoms with Crippen LogP contribution in [0.25, 0.3) is 0 Å². The zero-order chi connectivity index (χ0) is 19.1. The van der Waals surface area contributed by atoms with Crippen LogP contribution in [0.1, 0.15) is 36.1 Å². The lowest BCUT2D eigenvalue weighted by Crippen LogP contribution is -2.31. The molecule has 2 aromatic carbocycles. The second kappa shape index (κ2) is 6.72. The van der Waals surface area contributed by atoms with Gasteiger partial charge in [0, 0.05) is 38.2 Å². The largest absolute Gasteiger partial charge is 0.497 e. The van der Waals surface area contributed by atoms with Crippen LogP contribution in [0.4, 0.5) is 5.69 Å². The van der Waals surface area contributed by atoms with Crippen LogP contribution in [0.3, 0.4) is 0 Å². The second-order valence-corrected chi connectivity index (χ2v) is 7.45. The molecule has 2 aliphatic rings. The number of benzene rings is 2. The predicted molar refractivity (Wildman–Crippen MR) is 107 cm³/mol. The lowest BCUT2D eigenvalue weighted by Gasteiger charge is -2.29. The summed E-state index contributed by atoms with van der Waals surface area (Å²) in [5.41, 5.74) is 5.67. The molecule has 0 N–H and O–H groups in total. The first-order chi connectivity index (χ1) is 13.0. The summed E-state index contributed by atoms with van der Waals surface area (Å²) in [7, 11) is 5.73. The van der Waals surface area contributed by atoms with E-state index in [2.05, 4.69) is 41.3 Å². The Kier molecular flexibility index (Phi) is 4.38. The summed E-state index contributed by atoms with van der Waals surface area (Å²) in [6.45, 7) is 1.59. The third kappa shape index (κ3) is 2.97. The molecule has 0 fully saturated rings. The molecule has 2 aromatic rings. The van der Waals surface area contributed by atoms with Crippen LogP contribution in [-0.4, -0.2) is 37.8 Å². The van der Waals surface area contributed by atoms with E-state index in [9.17, 15) is 4.79 Å². The average molecular weight is 363 g/mol. The number of carbonyl (C=O) groups excluding carboxylic acids is 1. The molecular formula is C22H25N3O2. The number of fused-ring (bicyclic) bond motifs is 3. The monoisotopic (exact) mass is 363 g/mol. The van der Waals surface area contributed by atoms with Crippen LogP contribution in [0.5, 0.6) is 5.75 Å². The number of amides is 1. The van der Waals surface area contributed by atoms with Crippen LogP contribution >= 0.6 is 0 Å². The maximum absolute atomic E-state index is 12.4. The number of ether oxygens (including phenoxy) is 1. The molecule has 1 aliphatic heterocycles. The van der Waals surface area contributed by atoms with E-state index in [1.807, 2.05) is 20.2 Å². The van der Waals surface area contributed by atoms with Crippen LogP contribution in [-0.2, 0) is 11.2 Å². The highest BCUT2D eigenvalue weighted by atomic mass is 16.5. The minimum absolute atomic E-state index is 0.0250. The van der Waals surface area contributed by atoms with E-state index in [-0.39, 0.29) is 17.9 Å². The molecule has 0 spiro atoms. The number of hydrogen-bond acceptors (Lipinski definition) is 4. The van der Waals surface area contributed by atoms with E-state index in [0.29, 0.717) is 0 Å². The molecule has 0 saturated heterocycles. The van der Waals surface area contributed by atoms with Crippen molar-refractivity contribution in [2.75, 3.05) is 26.1 Å². The average Bonchev–Trinajstić information content (AvgIpc) is 3.08. The number of hydrazone groups is 1. The van der Waals surface area contributed by atoms with Crippen LogP contribution in [0, 0.1) is 5.92 Å². The molecule has 0 unspecified atom stereocenters. The van der Waals surface area contributed by atoms with Crippen molar-refractivity contribution in [3.8, 4) is 5.75 Å². The lowest BCUT2D eigenvalue weighted by molar-refractivity contribution is -0.131. The van der Waals surface area contributed by atoms with E-state index in [4.69, 9.17) is 9.84 Å². The van der Waals surface area contributed by atoms with E-state index < -0.39 is 0 Å². The van der Waals surface area contributed by atoms with Gasteiger partial charge in [-0.3, -0.25) is 4.79 Å². The van der Waals surface area contributed by atoms with Gasteiger partial charge in [-0.1, -0.05) is 18.2 Å². The zero-order valence-electron chi connectivity index (χ0n) is 16.3. The van der Waals surface area contributed by atoms with E-state index in [1.54, 1.807) is 19.0 Å². The fourth-order valence-corrected chi connectivity index (χ4v) is 4.18. The van der Waals surface area contributed by atoms with Crippen molar-refractivity contribution in [3.63, 3.8) is 0 Å². The molecule has 140 valence electrons. The van der Waals surface area contributed by atoms with Crippen molar-refractivity contribution in [1.29, 1.82) is 0 Å². The molecule has 5 nitrogen and oxygen atoms in total.